The molecule has 1 aliphatic rings. The van der Waals surface area contributed by atoms with Crippen LogP contribution in [-0.2, 0) is 11.3 Å². The molecule has 0 aliphatic carbocycles. The lowest BCUT2D eigenvalue weighted by Gasteiger charge is -2.25. The van der Waals surface area contributed by atoms with Crippen LogP contribution in [0.15, 0.2) is 18.2 Å². The molecule has 2 N–H and O–H groups in total. The lowest BCUT2D eigenvalue weighted by molar-refractivity contribution is -0.132. The first-order valence-electron chi connectivity index (χ1n) is 6.48. The lowest BCUT2D eigenvalue weighted by atomic mass is 10.1. The molecule has 1 amide bonds. The largest absolute Gasteiger partial charge is 0.398 e. The normalized spacial score (nSPS) is 17.4. The van der Waals surface area contributed by atoms with Gasteiger partial charge in [0.1, 0.15) is 5.82 Å². The molecule has 0 bridgehead atoms. The van der Waals surface area contributed by atoms with E-state index in [0.29, 0.717) is 24.2 Å². The fourth-order valence-corrected chi connectivity index (χ4v) is 2.30. The number of carbonyl (C=O) groups is 1. The highest BCUT2D eigenvalue weighted by atomic mass is 19.1. The minimum absolute atomic E-state index is 0.151. The van der Waals surface area contributed by atoms with Gasteiger partial charge in [-0.15, -0.1) is 0 Å². The van der Waals surface area contributed by atoms with E-state index in [4.69, 9.17) is 5.73 Å². The minimum Gasteiger partial charge on any atom is -0.398 e. The smallest absolute Gasteiger partial charge is 0.222 e. The van der Waals surface area contributed by atoms with E-state index < -0.39 is 0 Å². The first-order valence-corrected chi connectivity index (χ1v) is 6.48. The van der Waals surface area contributed by atoms with Gasteiger partial charge in [0.2, 0.25) is 5.91 Å². The number of amides is 1. The highest BCUT2D eigenvalue weighted by Crippen LogP contribution is 2.19. The molecule has 1 fully saturated rings. The number of benzene rings is 1. The van der Waals surface area contributed by atoms with Crippen molar-refractivity contribution in [2.75, 3.05) is 12.3 Å². The minimum atomic E-state index is -0.307. The van der Waals surface area contributed by atoms with Crippen molar-refractivity contribution in [3.63, 3.8) is 0 Å². The van der Waals surface area contributed by atoms with Crippen molar-refractivity contribution in [3.8, 4) is 0 Å². The third kappa shape index (κ3) is 3.22. The molecule has 0 atom stereocenters. The highest BCUT2D eigenvalue weighted by molar-refractivity contribution is 5.76. The van der Waals surface area contributed by atoms with Crippen LogP contribution in [0.2, 0.25) is 0 Å². The van der Waals surface area contributed by atoms with E-state index in [9.17, 15) is 9.18 Å². The molecule has 1 aromatic rings. The zero-order valence-corrected chi connectivity index (χ0v) is 10.5. The molecule has 18 heavy (non-hydrogen) atoms. The summed E-state index contributed by atoms with van der Waals surface area (Å²) in [5.74, 6) is -0.156. The van der Waals surface area contributed by atoms with Gasteiger partial charge in [-0.2, -0.15) is 0 Å². The summed E-state index contributed by atoms with van der Waals surface area (Å²) < 4.78 is 13.2. The Morgan fingerprint density at radius 2 is 2.00 bits per heavy atom. The van der Waals surface area contributed by atoms with Crippen LogP contribution in [-0.4, -0.2) is 17.4 Å². The van der Waals surface area contributed by atoms with Gasteiger partial charge in [-0.1, -0.05) is 12.8 Å². The van der Waals surface area contributed by atoms with E-state index in [1.807, 2.05) is 0 Å². The maximum Gasteiger partial charge on any atom is 0.222 e. The second kappa shape index (κ2) is 5.85. The van der Waals surface area contributed by atoms with Gasteiger partial charge in [-0.05, 0) is 36.6 Å². The Hall–Kier alpha value is -1.58. The first-order chi connectivity index (χ1) is 8.66. The first kappa shape index (κ1) is 12.9. The number of carbonyl (C=O) groups excluding carboxylic acids is 1. The number of nitrogens with two attached hydrogens (primary N) is 1. The topological polar surface area (TPSA) is 46.3 Å². The molecule has 1 aliphatic heterocycles. The summed E-state index contributed by atoms with van der Waals surface area (Å²) in [6, 6.07) is 4.31. The number of anilines is 1. The summed E-state index contributed by atoms with van der Waals surface area (Å²) in [7, 11) is 0. The Morgan fingerprint density at radius 3 is 2.83 bits per heavy atom. The van der Waals surface area contributed by atoms with Crippen LogP contribution in [0.4, 0.5) is 10.1 Å². The van der Waals surface area contributed by atoms with Crippen molar-refractivity contribution in [1.29, 1.82) is 0 Å². The molecular weight excluding hydrogens is 231 g/mol. The Morgan fingerprint density at radius 1 is 1.22 bits per heavy atom. The van der Waals surface area contributed by atoms with E-state index in [0.717, 1.165) is 32.2 Å². The quantitative estimate of drug-likeness (QED) is 0.820. The number of nitrogen functional groups attached to an aromatic ring is 1. The van der Waals surface area contributed by atoms with E-state index in [1.54, 1.807) is 11.0 Å². The van der Waals surface area contributed by atoms with Crippen LogP contribution < -0.4 is 5.73 Å². The Labute approximate surface area is 107 Å². The third-order valence-corrected chi connectivity index (χ3v) is 3.39. The average Bonchev–Trinajstić information content (AvgIpc) is 2.33. The summed E-state index contributed by atoms with van der Waals surface area (Å²) in [6.45, 7) is 1.16. The van der Waals surface area contributed by atoms with Gasteiger partial charge in [-0.25, -0.2) is 4.39 Å². The number of likely N-dealkylation sites (tertiary alicyclic amines) is 1. The fourth-order valence-electron chi connectivity index (χ4n) is 2.30. The number of nitrogens with zero attached hydrogens (tertiary/aromatic N) is 1. The van der Waals surface area contributed by atoms with Crippen LogP contribution >= 0.6 is 0 Å². The highest BCUT2D eigenvalue weighted by Gasteiger charge is 2.16. The maximum absolute atomic E-state index is 13.2. The standard InChI is InChI=1S/C14H19FN2O/c15-12-6-7-13(16)11(9-12)10-17-8-4-2-1-3-5-14(17)18/h6-7,9H,1-5,8,10,16H2. The van der Waals surface area contributed by atoms with E-state index >= 15 is 0 Å². The lowest BCUT2D eigenvalue weighted by Crippen LogP contribution is -2.32. The molecule has 1 saturated heterocycles. The van der Waals surface area contributed by atoms with Gasteiger partial charge >= 0.3 is 0 Å². The summed E-state index contributed by atoms with van der Waals surface area (Å²) in [4.78, 5) is 13.8. The van der Waals surface area contributed by atoms with Gasteiger partial charge < -0.3 is 10.6 Å². The van der Waals surface area contributed by atoms with E-state index in [1.165, 1.54) is 12.1 Å². The molecule has 4 heteroatoms. The molecule has 2 rings (SSSR count). The maximum atomic E-state index is 13.2. The van der Waals surface area contributed by atoms with Crippen molar-refractivity contribution in [3.05, 3.63) is 29.6 Å². The summed E-state index contributed by atoms with van der Waals surface area (Å²) in [6.07, 6.45) is 4.84. The van der Waals surface area contributed by atoms with E-state index in [2.05, 4.69) is 0 Å². The molecule has 0 aromatic heterocycles. The monoisotopic (exact) mass is 250 g/mol. The molecular formula is C14H19FN2O. The van der Waals surface area contributed by atoms with Crippen LogP contribution in [0.1, 0.15) is 37.7 Å². The van der Waals surface area contributed by atoms with Gasteiger partial charge in [0.15, 0.2) is 0 Å². The number of hydrogen-bond donors (Lipinski definition) is 1. The predicted octanol–water partition coefficient (Wildman–Crippen LogP) is 2.70. The molecule has 1 aromatic carbocycles. The van der Waals surface area contributed by atoms with Crippen LogP contribution in [0.3, 0.4) is 0 Å². The Balaban J connectivity index is 2.10. The average molecular weight is 250 g/mol. The number of halogens is 1. The molecule has 3 nitrogen and oxygen atoms in total. The molecule has 0 unspecified atom stereocenters. The van der Waals surface area contributed by atoms with Crippen molar-refractivity contribution in [1.82, 2.24) is 4.90 Å². The summed E-state index contributed by atoms with van der Waals surface area (Å²) in [5, 5.41) is 0. The Bertz CT molecular complexity index is 434. The molecule has 0 saturated carbocycles. The van der Waals surface area contributed by atoms with Gasteiger partial charge in [0, 0.05) is 25.2 Å². The third-order valence-electron chi connectivity index (χ3n) is 3.39. The molecule has 0 spiro atoms. The molecule has 98 valence electrons. The van der Waals surface area contributed by atoms with Crippen molar-refractivity contribution < 1.29 is 9.18 Å². The zero-order chi connectivity index (χ0) is 13.0. The predicted molar refractivity (Wildman–Crippen MR) is 69.3 cm³/mol. The van der Waals surface area contributed by atoms with Gasteiger partial charge in [-0.3, -0.25) is 4.79 Å². The van der Waals surface area contributed by atoms with E-state index in [-0.39, 0.29) is 11.7 Å². The van der Waals surface area contributed by atoms with Crippen molar-refractivity contribution in [2.45, 2.75) is 38.6 Å². The van der Waals surface area contributed by atoms with Gasteiger partial charge in [0.05, 0.1) is 0 Å². The SMILES string of the molecule is Nc1ccc(F)cc1CN1CCCCCCC1=O. The second-order valence-electron chi connectivity index (χ2n) is 4.82. The molecule has 1 heterocycles. The van der Waals surface area contributed by atoms with Crippen molar-refractivity contribution in [2.24, 2.45) is 0 Å². The summed E-state index contributed by atoms with van der Waals surface area (Å²) >= 11 is 0. The van der Waals surface area contributed by atoms with Crippen LogP contribution in [0, 0.1) is 5.82 Å². The summed E-state index contributed by atoms with van der Waals surface area (Å²) in [5.41, 5.74) is 7.06. The number of rotatable bonds is 2. The molecule has 0 radical (unpaired) electrons. The number of hydrogen-bond acceptors (Lipinski definition) is 2. The Kier molecular flexibility index (Phi) is 4.18. The van der Waals surface area contributed by atoms with Gasteiger partial charge in [0.25, 0.3) is 0 Å². The zero-order valence-electron chi connectivity index (χ0n) is 10.5. The van der Waals surface area contributed by atoms with Crippen LogP contribution in [0.5, 0.6) is 0 Å². The second-order valence-corrected chi connectivity index (χ2v) is 4.82. The van der Waals surface area contributed by atoms with Crippen LogP contribution in [0.25, 0.3) is 0 Å². The fraction of sp³-hybridized carbons (Fsp3) is 0.500. The van der Waals surface area contributed by atoms with Crippen molar-refractivity contribution >= 4 is 11.6 Å².